The molecular weight excluding hydrogens is 236 g/mol. The van der Waals surface area contributed by atoms with Crippen molar-refractivity contribution >= 4 is 5.91 Å². The predicted molar refractivity (Wildman–Crippen MR) is 64.8 cm³/mol. The fourth-order valence-electron chi connectivity index (χ4n) is 2.80. The van der Waals surface area contributed by atoms with Crippen molar-refractivity contribution in [3.05, 3.63) is 0 Å². The van der Waals surface area contributed by atoms with Gasteiger partial charge in [-0.05, 0) is 6.42 Å². The summed E-state index contributed by atoms with van der Waals surface area (Å²) in [6, 6.07) is -0.886. The third kappa shape index (κ3) is 2.38. The average molecular weight is 258 g/mol. The summed E-state index contributed by atoms with van der Waals surface area (Å²) in [6.07, 6.45) is -2.05. The van der Waals surface area contributed by atoms with Crippen molar-refractivity contribution in [2.45, 2.75) is 50.7 Å². The highest BCUT2D eigenvalue weighted by Crippen LogP contribution is 2.28. The van der Waals surface area contributed by atoms with Gasteiger partial charge >= 0.3 is 0 Å². The van der Waals surface area contributed by atoms with Crippen molar-refractivity contribution in [3.8, 4) is 0 Å². The molecule has 6 heteroatoms. The van der Waals surface area contributed by atoms with E-state index in [-0.39, 0.29) is 11.8 Å². The third-order valence-corrected chi connectivity index (χ3v) is 3.92. The molecule has 2 rings (SSSR count). The zero-order chi connectivity index (χ0) is 13.4. The number of amides is 1. The smallest absolute Gasteiger partial charge is 0.222 e. The van der Waals surface area contributed by atoms with E-state index in [1.807, 2.05) is 4.90 Å². The number of hydrogen-bond donors (Lipinski definition) is 4. The van der Waals surface area contributed by atoms with E-state index in [1.165, 1.54) is 0 Å². The second-order valence-corrected chi connectivity index (χ2v) is 5.59. The number of fused-ring (bicyclic) bond motifs is 1. The molecule has 0 aromatic rings. The van der Waals surface area contributed by atoms with E-state index in [0.717, 1.165) is 0 Å². The van der Waals surface area contributed by atoms with Gasteiger partial charge in [-0.1, -0.05) is 13.8 Å². The van der Waals surface area contributed by atoms with E-state index in [9.17, 15) is 20.1 Å². The first-order valence-corrected chi connectivity index (χ1v) is 6.50. The highest BCUT2D eigenvalue weighted by atomic mass is 16.3. The van der Waals surface area contributed by atoms with Gasteiger partial charge in [-0.15, -0.1) is 0 Å². The molecule has 2 heterocycles. The number of nitrogens with one attached hydrogen (secondary N) is 1. The standard InChI is InChI=1S/C12H22N2O4/c1-6(2)12(18)13-7-5-14-4-3-8(15)9(14)11(17)10(7)16/h6-11,15-17H,3-5H2,1-2H3,(H,13,18)/t7-,8?,9?,10+,11+/m0/s1. The molecule has 4 N–H and O–H groups in total. The van der Waals surface area contributed by atoms with Crippen LogP contribution in [0.5, 0.6) is 0 Å². The summed E-state index contributed by atoms with van der Waals surface area (Å²) < 4.78 is 0. The van der Waals surface area contributed by atoms with Crippen LogP contribution in [-0.4, -0.2) is 69.6 Å². The highest BCUT2D eigenvalue weighted by molar-refractivity contribution is 5.78. The molecule has 0 radical (unpaired) electrons. The van der Waals surface area contributed by atoms with Crippen LogP contribution in [0.25, 0.3) is 0 Å². The maximum atomic E-state index is 11.6. The molecule has 0 aromatic carbocycles. The van der Waals surface area contributed by atoms with Crippen molar-refractivity contribution in [2.75, 3.05) is 13.1 Å². The second-order valence-electron chi connectivity index (χ2n) is 5.59. The van der Waals surface area contributed by atoms with Crippen molar-refractivity contribution < 1.29 is 20.1 Å². The summed E-state index contributed by atoms with van der Waals surface area (Å²) in [7, 11) is 0. The van der Waals surface area contributed by atoms with Crippen molar-refractivity contribution in [1.29, 1.82) is 0 Å². The molecule has 2 unspecified atom stereocenters. The van der Waals surface area contributed by atoms with E-state index >= 15 is 0 Å². The molecule has 6 nitrogen and oxygen atoms in total. The van der Waals surface area contributed by atoms with Gasteiger partial charge in [0.15, 0.2) is 0 Å². The lowest BCUT2D eigenvalue weighted by Crippen LogP contribution is -2.65. The Labute approximate surface area is 107 Å². The molecule has 1 amide bonds. The Hall–Kier alpha value is -0.690. The minimum Gasteiger partial charge on any atom is -0.391 e. The SMILES string of the molecule is CC(C)C(=O)N[C@H]1CN2CCC(O)C2[C@@H](O)[C@@H]1O. The summed E-state index contributed by atoms with van der Waals surface area (Å²) in [4.78, 5) is 13.6. The molecule has 2 saturated heterocycles. The van der Waals surface area contributed by atoms with Gasteiger partial charge in [0.2, 0.25) is 5.91 Å². The monoisotopic (exact) mass is 258 g/mol. The Morgan fingerprint density at radius 3 is 2.56 bits per heavy atom. The molecule has 5 atom stereocenters. The van der Waals surface area contributed by atoms with Crippen molar-refractivity contribution in [3.63, 3.8) is 0 Å². The van der Waals surface area contributed by atoms with Crippen molar-refractivity contribution in [2.24, 2.45) is 5.92 Å². The first-order valence-electron chi connectivity index (χ1n) is 6.50. The Bertz CT molecular complexity index is 323. The van der Waals surface area contributed by atoms with E-state index < -0.39 is 30.4 Å². The van der Waals surface area contributed by atoms with Crippen LogP contribution in [-0.2, 0) is 4.79 Å². The number of aliphatic hydroxyl groups is 3. The lowest BCUT2D eigenvalue weighted by Gasteiger charge is -2.43. The molecule has 2 aliphatic heterocycles. The molecule has 104 valence electrons. The number of carbonyl (C=O) groups excluding carboxylic acids is 1. The highest BCUT2D eigenvalue weighted by Gasteiger charge is 2.48. The maximum absolute atomic E-state index is 11.6. The molecule has 0 aliphatic carbocycles. The molecule has 2 fully saturated rings. The van der Waals surface area contributed by atoms with Crippen LogP contribution in [0.1, 0.15) is 20.3 Å². The van der Waals surface area contributed by atoms with Gasteiger partial charge in [-0.25, -0.2) is 0 Å². The van der Waals surface area contributed by atoms with E-state index in [2.05, 4.69) is 5.32 Å². The van der Waals surface area contributed by atoms with Gasteiger partial charge in [-0.2, -0.15) is 0 Å². The van der Waals surface area contributed by atoms with Crippen LogP contribution in [0.3, 0.4) is 0 Å². The number of piperidine rings is 1. The van der Waals surface area contributed by atoms with Crippen LogP contribution in [0, 0.1) is 5.92 Å². The topological polar surface area (TPSA) is 93.0 Å². The zero-order valence-electron chi connectivity index (χ0n) is 10.8. The molecular formula is C12H22N2O4. The van der Waals surface area contributed by atoms with Crippen LogP contribution in [0.15, 0.2) is 0 Å². The first-order chi connectivity index (χ1) is 8.41. The Morgan fingerprint density at radius 2 is 1.94 bits per heavy atom. The van der Waals surface area contributed by atoms with Crippen LogP contribution in [0.4, 0.5) is 0 Å². The van der Waals surface area contributed by atoms with Crippen LogP contribution in [0.2, 0.25) is 0 Å². The number of carbonyl (C=O) groups is 1. The first kappa shape index (κ1) is 13.7. The van der Waals surface area contributed by atoms with Gasteiger partial charge in [0, 0.05) is 19.0 Å². The fraction of sp³-hybridized carbons (Fsp3) is 0.917. The number of aliphatic hydroxyl groups excluding tert-OH is 3. The largest absolute Gasteiger partial charge is 0.391 e. The summed E-state index contributed by atoms with van der Waals surface area (Å²) in [5, 5.41) is 32.6. The molecule has 0 saturated carbocycles. The van der Waals surface area contributed by atoms with Gasteiger partial charge < -0.3 is 20.6 Å². The van der Waals surface area contributed by atoms with E-state index in [4.69, 9.17) is 0 Å². The zero-order valence-corrected chi connectivity index (χ0v) is 10.8. The molecule has 2 aliphatic rings. The summed E-state index contributed by atoms with van der Waals surface area (Å²) >= 11 is 0. The predicted octanol–water partition coefficient (Wildman–Crippen LogP) is -1.70. The summed E-state index contributed by atoms with van der Waals surface area (Å²) in [5.74, 6) is -0.291. The van der Waals surface area contributed by atoms with Gasteiger partial charge in [0.1, 0.15) is 6.10 Å². The summed E-state index contributed by atoms with van der Waals surface area (Å²) in [5.41, 5.74) is 0. The molecule has 0 aromatic heterocycles. The quantitative estimate of drug-likeness (QED) is 0.474. The summed E-state index contributed by atoms with van der Waals surface area (Å²) in [6.45, 7) is 4.72. The minimum absolute atomic E-state index is 0.135. The number of hydrogen-bond acceptors (Lipinski definition) is 5. The molecule has 18 heavy (non-hydrogen) atoms. The van der Waals surface area contributed by atoms with Crippen LogP contribution >= 0.6 is 0 Å². The number of rotatable bonds is 2. The maximum Gasteiger partial charge on any atom is 0.222 e. The normalized spacial score (nSPS) is 40.9. The number of nitrogens with zero attached hydrogens (tertiary/aromatic N) is 1. The average Bonchev–Trinajstić information content (AvgIpc) is 2.67. The molecule has 0 spiro atoms. The lowest BCUT2D eigenvalue weighted by molar-refractivity contribution is -0.132. The second kappa shape index (κ2) is 5.13. The van der Waals surface area contributed by atoms with Gasteiger partial charge in [-0.3, -0.25) is 9.69 Å². The Kier molecular flexibility index (Phi) is 3.91. The van der Waals surface area contributed by atoms with Crippen LogP contribution < -0.4 is 5.32 Å². The van der Waals surface area contributed by atoms with E-state index in [1.54, 1.807) is 13.8 Å². The van der Waals surface area contributed by atoms with Gasteiger partial charge in [0.25, 0.3) is 0 Å². The molecule has 0 bridgehead atoms. The van der Waals surface area contributed by atoms with Crippen molar-refractivity contribution in [1.82, 2.24) is 10.2 Å². The van der Waals surface area contributed by atoms with Gasteiger partial charge in [0.05, 0.1) is 24.3 Å². The van der Waals surface area contributed by atoms with E-state index in [0.29, 0.717) is 19.5 Å². The minimum atomic E-state index is -1.03. The fourth-order valence-corrected chi connectivity index (χ4v) is 2.80. The Morgan fingerprint density at radius 1 is 1.28 bits per heavy atom. The third-order valence-electron chi connectivity index (χ3n) is 3.92. The Balaban J connectivity index is 2.04. The lowest BCUT2D eigenvalue weighted by atomic mass is 9.91.